The van der Waals surface area contributed by atoms with Crippen molar-refractivity contribution in [1.29, 1.82) is 0 Å². The van der Waals surface area contributed by atoms with Gasteiger partial charge in [0.25, 0.3) is 0 Å². The monoisotopic (exact) mass is 216 g/mol. The largest absolute Gasteiger partial charge is 0.444 e. The van der Waals surface area contributed by atoms with Crippen LogP contribution in [0.4, 0.5) is 4.79 Å². The van der Waals surface area contributed by atoms with Crippen molar-refractivity contribution in [3.8, 4) is 0 Å². The second-order valence-electron chi connectivity index (χ2n) is 4.85. The van der Waals surface area contributed by atoms with Crippen LogP contribution in [0.2, 0.25) is 0 Å². The number of ether oxygens (including phenoxy) is 1. The molecule has 1 rings (SSSR count). The van der Waals surface area contributed by atoms with Crippen LogP contribution in [-0.2, 0) is 4.74 Å². The van der Waals surface area contributed by atoms with Crippen LogP contribution in [0.15, 0.2) is 0 Å². The Kier molecular flexibility index (Phi) is 3.57. The predicted molar refractivity (Wildman–Crippen MR) is 56.7 cm³/mol. The number of likely N-dealkylation sites (tertiary alicyclic amines) is 1. The van der Waals surface area contributed by atoms with E-state index in [-0.39, 0.29) is 12.1 Å². The smallest absolute Gasteiger partial charge is 0.410 e. The van der Waals surface area contributed by atoms with E-state index >= 15 is 0 Å². The van der Waals surface area contributed by atoms with E-state index < -0.39 is 11.7 Å². The summed E-state index contributed by atoms with van der Waals surface area (Å²) in [7, 11) is 1.77. The van der Waals surface area contributed by atoms with Gasteiger partial charge in [0, 0.05) is 6.54 Å². The van der Waals surface area contributed by atoms with Crippen LogP contribution in [0.5, 0.6) is 0 Å². The molecule has 0 aromatic rings. The Morgan fingerprint density at radius 1 is 1.47 bits per heavy atom. The first-order valence-electron chi connectivity index (χ1n) is 5.17. The van der Waals surface area contributed by atoms with Gasteiger partial charge in [0.2, 0.25) is 0 Å². The zero-order valence-corrected chi connectivity index (χ0v) is 9.78. The molecule has 0 radical (unpaired) electrons. The normalized spacial score (nSPS) is 26.9. The van der Waals surface area contributed by atoms with Crippen molar-refractivity contribution >= 4 is 6.09 Å². The SMILES string of the molecule is CN[C@@H]1CN(C(=O)OC(C)(C)C)C[C@@H]1O. The van der Waals surface area contributed by atoms with Crippen LogP contribution >= 0.6 is 0 Å². The van der Waals surface area contributed by atoms with Crippen LogP contribution in [0, 0.1) is 0 Å². The molecule has 1 amide bonds. The summed E-state index contributed by atoms with van der Waals surface area (Å²) in [4.78, 5) is 13.2. The first-order valence-corrected chi connectivity index (χ1v) is 5.17. The molecular weight excluding hydrogens is 196 g/mol. The second kappa shape index (κ2) is 4.37. The fourth-order valence-corrected chi connectivity index (χ4v) is 1.55. The Labute approximate surface area is 90.4 Å². The van der Waals surface area contributed by atoms with Crippen LogP contribution in [0.1, 0.15) is 20.8 Å². The van der Waals surface area contributed by atoms with Gasteiger partial charge >= 0.3 is 6.09 Å². The summed E-state index contributed by atoms with van der Waals surface area (Å²) >= 11 is 0. The Morgan fingerprint density at radius 2 is 2.07 bits per heavy atom. The molecule has 1 saturated heterocycles. The summed E-state index contributed by atoms with van der Waals surface area (Å²) in [5.74, 6) is 0. The van der Waals surface area contributed by atoms with E-state index in [9.17, 15) is 9.90 Å². The average Bonchev–Trinajstić information content (AvgIpc) is 2.43. The van der Waals surface area contributed by atoms with Gasteiger partial charge in [0.15, 0.2) is 0 Å². The van der Waals surface area contributed by atoms with Gasteiger partial charge in [-0.05, 0) is 27.8 Å². The molecule has 1 heterocycles. The Hall–Kier alpha value is -0.810. The van der Waals surface area contributed by atoms with Gasteiger partial charge in [-0.15, -0.1) is 0 Å². The van der Waals surface area contributed by atoms with Gasteiger partial charge in [-0.1, -0.05) is 0 Å². The maximum absolute atomic E-state index is 11.6. The molecule has 1 aliphatic rings. The lowest BCUT2D eigenvalue weighted by molar-refractivity contribution is 0.0270. The standard InChI is InChI=1S/C10H20N2O3/c1-10(2,3)15-9(14)12-5-7(11-4)8(13)6-12/h7-8,11,13H,5-6H2,1-4H3/t7-,8+/m1/s1. The summed E-state index contributed by atoms with van der Waals surface area (Å²) < 4.78 is 5.21. The minimum absolute atomic E-state index is 0.0579. The summed E-state index contributed by atoms with van der Waals surface area (Å²) in [5, 5.41) is 12.6. The van der Waals surface area contributed by atoms with Crippen molar-refractivity contribution in [3.05, 3.63) is 0 Å². The molecule has 0 spiro atoms. The summed E-state index contributed by atoms with van der Waals surface area (Å²) in [5.41, 5.74) is -0.486. The van der Waals surface area contributed by atoms with Crippen LogP contribution < -0.4 is 5.32 Å². The summed E-state index contributed by atoms with van der Waals surface area (Å²) in [6.45, 7) is 6.31. The van der Waals surface area contributed by atoms with Crippen LogP contribution in [-0.4, -0.2) is 54.0 Å². The number of aliphatic hydroxyl groups is 1. The Morgan fingerprint density at radius 3 is 2.47 bits per heavy atom. The molecule has 1 aliphatic heterocycles. The average molecular weight is 216 g/mol. The molecule has 5 heteroatoms. The Balaban J connectivity index is 2.50. The first kappa shape index (κ1) is 12.3. The van der Waals surface area contributed by atoms with Crippen LogP contribution in [0.3, 0.4) is 0 Å². The van der Waals surface area contributed by atoms with Crippen molar-refractivity contribution < 1.29 is 14.6 Å². The van der Waals surface area contributed by atoms with E-state index in [0.717, 1.165) is 0 Å². The van der Waals surface area contributed by atoms with Gasteiger partial charge in [-0.3, -0.25) is 0 Å². The van der Waals surface area contributed by atoms with E-state index in [1.807, 2.05) is 20.8 Å². The minimum Gasteiger partial charge on any atom is -0.444 e. The van der Waals surface area contributed by atoms with E-state index in [4.69, 9.17) is 4.74 Å². The Bertz CT molecular complexity index is 237. The molecule has 0 aliphatic carbocycles. The molecule has 2 N–H and O–H groups in total. The highest BCUT2D eigenvalue weighted by atomic mass is 16.6. The number of nitrogens with one attached hydrogen (secondary N) is 1. The minimum atomic E-state index is -0.512. The van der Waals surface area contributed by atoms with Gasteiger partial charge < -0.3 is 20.1 Å². The molecule has 0 aromatic heterocycles. The van der Waals surface area contributed by atoms with Crippen molar-refractivity contribution in [2.24, 2.45) is 0 Å². The summed E-state index contributed by atoms with van der Waals surface area (Å²) in [6, 6.07) is -0.0579. The highest BCUT2D eigenvalue weighted by molar-refractivity contribution is 5.68. The van der Waals surface area contributed by atoms with Crippen molar-refractivity contribution in [1.82, 2.24) is 10.2 Å². The van der Waals surface area contributed by atoms with Crippen molar-refractivity contribution in [2.45, 2.75) is 38.5 Å². The third-order valence-electron chi connectivity index (χ3n) is 2.31. The fraction of sp³-hybridized carbons (Fsp3) is 0.900. The number of β-amino-alcohol motifs (C(OH)–C–C–N with tert-alkyl or cyclic N) is 1. The number of hydrogen-bond acceptors (Lipinski definition) is 4. The zero-order chi connectivity index (χ0) is 11.6. The number of hydrogen-bond donors (Lipinski definition) is 2. The number of amides is 1. The molecule has 1 fully saturated rings. The lowest BCUT2D eigenvalue weighted by Crippen LogP contribution is -2.38. The third-order valence-corrected chi connectivity index (χ3v) is 2.31. The molecule has 15 heavy (non-hydrogen) atoms. The zero-order valence-electron chi connectivity index (χ0n) is 9.78. The molecule has 0 saturated carbocycles. The highest BCUT2D eigenvalue weighted by Crippen LogP contribution is 2.15. The third kappa shape index (κ3) is 3.35. The maximum Gasteiger partial charge on any atom is 0.410 e. The number of aliphatic hydroxyl groups excluding tert-OH is 1. The lowest BCUT2D eigenvalue weighted by atomic mass is 10.2. The fourth-order valence-electron chi connectivity index (χ4n) is 1.55. The van der Waals surface area contributed by atoms with E-state index in [2.05, 4.69) is 5.32 Å². The maximum atomic E-state index is 11.6. The van der Waals surface area contributed by atoms with Gasteiger partial charge in [0.1, 0.15) is 5.60 Å². The van der Waals surface area contributed by atoms with E-state index in [0.29, 0.717) is 13.1 Å². The predicted octanol–water partition coefficient (Wildman–Crippen LogP) is 0.186. The van der Waals surface area contributed by atoms with Crippen molar-refractivity contribution in [2.75, 3.05) is 20.1 Å². The molecule has 0 unspecified atom stereocenters. The number of nitrogens with zero attached hydrogens (tertiary/aromatic N) is 1. The molecular formula is C10H20N2O3. The number of likely N-dealkylation sites (N-methyl/N-ethyl adjacent to an activating group) is 1. The van der Waals surface area contributed by atoms with Crippen molar-refractivity contribution in [3.63, 3.8) is 0 Å². The van der Waals surface area contributed by atoms with Gasteiger partial charge in [-0.2, -0.15) is 0 Å². The number of rotatable bonds is 1. The molecule has 0 aromatic carbocycles. The highest BCUT2D eigenvalue weighted by Gasteiger charge is 2.35. The lowest BCUT2D eigenvalue weighted by Gasteiger charge is -2.24. The van der Waals surface area contributed by atoms with E-state index in [1.54, 1.807) is 7.05 Å². The molecule has 2 atom stereocenters. The molecule has 88 valence electrons. The van der Waals surface area contributed by atoms with Crippen LogP contribution in [0.25, 0.3) is 0 Å². The molecule has 0 bridgehead atoms. The second-order valence-corrected chi connectivity index (χ2v) is 4.85. The quantitative estimate of drug-likeness (QED) is 0.656. The van der Waals surface area contributed by atoms with E-state index in [1.165, 1.54) is 4.90 Å². The summed E-state index contributed by atoms with van der Waals surface area (Å²) in [6.07, 6.45) is -0.873. The number of carbonyl (C=O) groups excluding carboxylic acids is 1. The van der Waals surface area contributed by atoms with Gasteiger partial charge in [-0.25, -0.2) is 4.79 Å². The topological polar surface area (TPSA) is 61.8 Å². The van der Waals surface area contributed by atoms with Gasteiger partial charge in [0.05, 0.1) is 18.7 Å². The number of carbonyl (C=O) groups is 1. The molecule has 5 nitrogen and oxygen atoms in total. The first-order chi connectivity index (χ1) is 6.83.